The quantitative estimate of drug-likeness (QED) is 0.774. The standard InChI is InChI=1S/C17H17BrN2O2/c1-20(2)12-5-6-13(14(18)8-12)15-10-3-4-11(7-10)17(15,9-19)16(21)22/h3-6,8,10-11,15H,7H2,1-2H3,(H,21,22)/p-1/t10-,11-,15+,17+/m1/s1. The zero-order valence-corrected chi connectivity index (χ0v) is 14.0. The summed E-state index contributed by atoms with van der Waals surface area (Å²) in [5.74, 6) is -1.83. The van der Waals surface area contributed by atoms with E-state index in [0.29, 0.717) is 6.42 Å². The van der Waals surface area contributed by atoms with Gasteiger partial charge in [-0.3, -0.25) is 0 Å². The first-order chi connectivity index (χ1) is 10.4. The molecule has 5 heteroatoms. The Labute approximate surface area is 138 Å². The van der Waals surface area contributed by atoms with E-state index in [-0.39, 0.29) is 17.8 Å². The zero-order valence-electron chi connectivity index (χ0n) is 12.4. The van der Waals surface area contributed by atoms with Crippen LogP contribution in [-0.4, -0.2) is 20.1 Å². The number of aliphatic carboxylic acids is 1. The Balaban J connectivity index is 2.13. The van der Waals surface area contributed by atoms with Crippen molar-refractivity contribution in [3.63, 3.8) is 0 Å². The molecule has 22 heavy (non-hydrogen) atoms. The fraction of sp³-hybridized carbons (Fsp3) is 0.412. The van der Waals surface area contributed by atoms with Crippen molar-refractivity contribution in [2.45, 2.75) is 12.3 Å². The fourth-order valence-corrected chi connectivity index (χ4v) is 4.49. The predicted molar refractivity (Wildman–Crippen MR) is 85.0 cm³/mol. The van der Waals surface area contributed by atoms with E-state index >= 15 is 0 Å². The number of halogens is 1. The van der Waals surface area contributed by atoms with Crippen LogP contribution in [0.2, 0.25) is 0 Å². The van der Waals surface area contributed by atoms with Crippen LogP contribution in [0.3, 0.4) is 0 Å². The molecule has 0 aliphatic heterocycles. The maximum Gasteiger partial charge on any atom is 0.110 e. The lowest BCUT2D eigenvalue weighted by Crippen LogP contribution is -2.48. The number of nitriles is 1. The van der Waals surface area contributed by atoms with Gasteiger partial charge in [-0.2, -0.15) is 5.26 Å². The molecule has 2 aliphatic carbocycles. The number of benzene rings is 1. The SMILES string of the molecule is CN(C)c1ccc([C@@H]2[C@@H]3C=C[C@H](C3)[C@]2(C#N)C(=O)[O-])c(Br)c1. The summed E-state index contributed by atoms with van der Waals surface area (Å²) in [4.78, 5) is 13.8. The van der Waals surface area contributed by atoms with E-state index in [2.05, 4.69) is 22.0 Å². The number of fused-ring (bicyclic) bond motifs is 2. The Morgan fingerprint density at radius 2 is 2.18 bits per heavy atom. The van der Waals surface area contributed by atoms with Crippen LogP contribution in [0.5, 0.6) is 0 Å². The summed E-state index contributed by atoms with van der Waals surface area (Å²) >= 11 is 3.55. The van der Waals surface area contributed by atoms with Crippen LogP contribution in [0, 0.1) is 28.6 Å². The third kappa shape index (κ3) is 1.90. The minimum atomic E-state index is -1.47. The third-order valence-electron chi connectivity index (χ3n) is 4.98. The van der Waals surface area contributed by atoms with Crippen molar-refractivity contribution in [1.82, 2.24) is 0 Å². The first-order valence-corrected chi connectivity index (χ1v) is 7.99. The Morgan fingerprint density at radius 1 is 1.45 bits per heavy atom. The van der Waals surface area contributed by atoms with Gasteiger partial charge in [-0.05, 0) is 30.0 Å². The molecule has 3 rings (SSSR count). The Bertz CT molecular complexity index is 707. The van der Waals surface area contributed by atoms with Crippen LogP contribution in [-0.2, 0) is 4.79 Å². The monoisotopic (exact) mass is 359 g/mol. The molecule has 0 N–H and O–H groups in total. The van der Waals surface area contributed by atoms with E-state index in [1.807, 2.05) is 49.3 Å². The van der Waals surface area contributed by atoms with Gasteiger partial charge >= 0.3 is 0 Å². The number of anilines is 1. The molecule has 0 unspecified atom stereocenters. The predicted octanol–water partition coefficient (Wildman–Crippen LogP) is 2.06. The molecule has 0 heterocycles. The maximum atomic E-state index is 11.8. The lowest BCUT2D eigenvalue weighted by Gasteiger charge is -2.37. The minimum Gasteiger partial charge on any atom is -0.548 e. The number of hydrogen-bond donors (Lipinski definition) is 0. The Morgan fingerprint density at radius 3 is 2.73 bits per heavy atom. The third-order valence-corrected chi connectivity index (χ3v) is 5.67. The summed E-state index contributed by atoms with van der Waals surface area (Å²) in [5.41, 5.74) is 0.417. The normalized spacial score (nSPS) is 32.0. The number of rotatable bonds is 3. The van der Waals surface area contributed by atoms with Gasteiger partial charge in [0.2, 0.25) is 0 Å². The molecule has 1 aromatic rings. The number of carboxylic acid groups (broad SMARTS) is 1. The Hall–Kier alpha value is -1.80. The second-order valence-electron chi connectivity index (χ2n) is 6.24. The van der Waals surface area contributed by atoms with Gasteiger partial charge in [0.15, 0.2) is 0 Å². The second kappa shape index (κ2) is 5.13. The van der Waals surface area contributed by atoms with Crippen LogP contribution in [0.15, 0.2) is 34.8 Å². The zero-order chi connectivity index (χ0) is 16.1. The number of allylic oxidation sites excluding steroid dienone is 2. The Kier molecular flexibility index (Phi) is 3.53. The number of carbonyl (C=O) groups is 1. The molecular weight excluding hydrogens is 344 g/mol. The van der Waals surface area contributed by atoms with E-state index in [9.17, 15) is 15.2 Å². The number of carboxylic acids is 1. The van der Waals surface area contributed by atoms with Crippen molar-refractivity contribution in [1.29, 1.82) is 5.26 Å². The molecule has 0 saturated heterocycles. The molecule has 4 nitrogen and oxygen atoms in total. The van der Waals surface area contributed by atoms with Gasteiger partial charge in [0, 0.05) is 36.1 Å². The molecule has 1 saturated carbocycles. The molecule has 2 aliphatic rings. The summed E-state index contributed by atoms with van der Waals surface area (Å²) in [6, 6.07) is 7.91. The van der Waals surface area contributed by atoms with Crippen LogP contribution < -0.4 is 10.0 Å². The largest absolute Gasteiger partial charge is 0.548 e. The molecule has 1 aromatic carbocycles. The van der Waals surface area contributed by atoms with Crippen LogP contribution in [0.25, 0.3) is 0 Å². The summed E-state index contributed by atoms with van der Waals surface area (Å²) in [7, 11) is 3.89. The second-order valence-corrected chi connectivity index (χ2v) is 7.09. The smallest absolute Gasteiger partial charge is 0.110 e. The van der Waals surface area contributed by atoms with Gasteiger partial charge < -0.3 is 14.8 Å². The molecule has 114 valence electrons. The first-order valence-electron chi connectivity index (χ1n) is 7.19. The van der Waals surface area contributed by atoms with Crippen LogP contribution in [0.4, 0.5) is 5.69 Å². The molecule has 0 amide bonds. The highest BCUT2D eigenvalue weighted by molar-refractivity contribution is 9.10. The van der Waals surface area contributed by atoms with Crippen molar-refractivity contribution in [3.05, 3.63) is 40.4 Å². The van der Waals surface area contributed by atoms with Crippen molar-refractivity contribution in [2.75, 3.05) is 19.0 Å². The molecule has 2 bridgehead atoms. The van der Waals surface area contributed by atoms with Gasteiger partial charge in [0.25, 0.3) is 0 Å². The molecular formula is C17H16BrN2O2-. The lowest BCUT2D eigenvalue weighted by molar-refractivity contribution is -0.318. The van der Waals surface area contributed by atoms with Gasteiger partial charge in [-0.1, -0.05) is 34.1 Å². The van der Waals surface area contributed by atoms with Crippen molar-refractivity contribution in [2.24, 2.45) is 17.3 Å². The summed E-state index contributed by atoms with van der Waals surface area (Å²) in [5, 5.41) is 21.5. The van der Waals surface area contributed by atoms with E-state index in [0.717, 1.165) is 15.7 Å². The van der Waals surface area contributed by atoms with Crippen molar-refractivity contribution >= 4 is 27.6 Å². The van der Waals surface area contributed by atoms with Gasteiger partial charge in [0.1, 0.15) is 5.41 Å². The lowest BCUT2D eigenvalue weighted by atomic mass is 9.67. The summed E-state index contributed by atoms with van der Waals surface area (Å²) in [6.07, 6.45) is 4.61. The molecule has 1 fully saturated rings. The maximum absolute atomic E-state index is 11.8. The van der Waals surface area contributed by atoms with Gasteiger partial charge in [0.05, 0.1) is 12.0 Å². The average Bonchev–Trinajstić information content (AvgIpc) is 3.06. The average molecular weight is 360 g/mol. The summed E-state index contributed by atoms with van der Waals surface area (Å²) in [6.45, 7) is 0. The minimum absolute atomic E-state index is 0.0732. The number of carbonyl (C=O) groups excluding carboxylic acids is 1. The highest BCUT2D eigenvalue weighted by Crippen LogP contribution is 2.61. The number of hydrogen-bond acceptors (Lipinski definition) is 4. The van der Waals surface area contributed by atoms with Crippen LogP contribution >= 0.6 is 15.9 Å². The highest BCUT2D eigenvalue weighted by atomic mass is 79.9. The van der Waals surface area contributed by atoms with E-state index in [1.165, 1.54) is 0 Å². The molecule has 0 radical (unpaired) electrons. The van der Waals surface area contributed by atoms with Crippen molar-refractivity contribution < 1.29 is 9.90 Å². The fourth-order valence-electron chi connectivity index (χ4n) is 3.88. The topological polar surface area (TPSA) is 67.2 Å². The van der Waals surface area contributed by atoms with E-state index in [4.69, 9.17) is 0 Å². The summed E-state index contributed by atoms with van der Waals surface area (Å²) < 4.78 is 0.838. The molecule has 4 atom stereocenters. The van der Waals surface area contributed by atoms with Crippen LogP contribution in [0.1, 0.15) is 17.9 Å². The number of nitrogens with zero attached hydrogens (tertiary/aromatic N) is 2. The van der Waals surface area contributed by atoms with Crippen molar-refractivity contribution in [3.8, 4) is 6.07 Å². The van der Waals surface area contributed by atoms with E-state index in [1.54, 1.807) is 0 Å². The van der Waals surface area contributed by atoms with Gasteiger partial charge in [-0.15, -0.1) is 0 Å². The van der Waals surface area contributed by atoms with E-state index < -0.39 is 11.4 Å². The highest BCUT2D eigenvalue weighted by Gasteiger charge is 2.58. The molecule has 0 aromatic heterocycles. The van der Waals surface area contributed by atoms with Gasteiger partial charge in [-0.25, -0.2) is 0 Å². The molecule has 0 spiro atoms. The first kappa shape index (κ1) is 15.1.